The van der Waals surface area contributed by atoms with Gasteiger partial charge in [0, 0.05) is 44.0 Å². The van der Waals surface area contributed by atoms with Crippen molar-refractivity contribution in [2.75, 3.05) is 29.4 Å². The first-order valence-electron chi connectivity index (χ1n) is 9.71. The molecule has 6 heteroatoms. The highest BCUT2D eigenvalue weighted by atomic mass is 16.2. The number of rotatable bonds is 3. The summed E-state index contributed by atoms with van der Waals surface area (Å²) >= 11 is 0. The van der Waals surface area contributed by atoms with Gasteiger partial charge in [-0.15, -0.1) is 0 Å². The smallest absolute Gasteiger partial charge is 0.227 e. The zero-order valence-electron chi connectivity index (χ0n) is 15.3. The average molecular weight is 361 g/mol. The number of anilines is 2. The van der Waals surface area contributed by atoms with Crippen LogP contribution in [0.15, 0.2) is 48.8 Å². The van der Waals surface area contributed by atoms with Gasteiger partial charge in [0.25, 0.3) is 0 Å². The van der Waals surface area contributed by atoms with Crippen LogP contribution < -0.4 is 9.80 Å². The van der Waals surface area contributed by atoms with E-state index in [0.29, 0.717) is 12.3 Å². The predicted molar refractivity (Wildman–Crippen MR) is 105 cm³/mol. The third-order valence-corrected chi connectivity index (χ3v) is 5.83. The van der Waals surface area contributed by atoms with Crippen molar-refractivity contribution in [2.45, 2.75) is 25.7 Å². The van der Waals surface area contributed by atoms with Crippen LogP contribution in [0.1, 0.15) is 24.8 Å². The van der Waals surface area contributed by atoms with E-state index < -0.39 is 0 Å². The van der Waals surface area contributed by atoms with Crippen LogP contribution in [0, 0.1) is 5.92 Å². The Hall–Kier alpha value is -2.89. The van der Waals surface area contributed by atoms with Gasteiger partial charge in [-0.3, -0.25) is 4.79 Å². The SMILES string of the molecule is O=C(CC1CCN(c2ccn3nccc3n2)CC1)N1CCc2ccccc21. The molecular formula is C21H23N5O. The molecule has 2 aromatic heterocycles. The predicted octanol–water partition coefficient (Wildman–Crippen LogP) is 2.93. The van der Waals surface area contributed by atoms with Crippen molar-refractivity contribution in [1.29, 1.82) is 0 Å². The molecule has 4 heterocycles. The Morgan fingerprint density at radius 3 is 2.81 bits per heavy atom. The highest BCUT2D eigenvalue weighted by Gasteiger charge is 2.28. The third kappa shape index (κ3) is 3.05. The lowest BCUT2D eigenvalue weighted by atomic mass is 9.93. The molecule has 27 heavy (non-hydrogen) atoms. The molecular weight excluding hydrogens is 338 g/mol. The first-order valence-corrected chi connectivity index (χ1v) is 9.71. The van der Waals surface area contributed by atoms with Crippen molar-refractivity contribution < 1.29 is 4.79 Å². The average Bonchev–Trinajstić information content (AvgIpc) is 3.35. The molecule has 6 nitrogen and oxygen atoms in total. The fourth-order valence-corrected chi connectivity index (χ4v) is 4.30. The maximum atomic E-state index is 12.8. The number of benzene rings is 1. The van der Waals surface area contributed by atoms with E-state index in [1.54, 1.807) is 10.7 Å². The van der Waals surface area contributed by atoms with Crippen LogP contribution >= 0.6 is 0 Å². The Morgan fingerprint density at radius 2 is 1.93 bits per heavy atom. The molecule has 0 radical (unpaired) electrons. The van der Waals surface area contributed by atoms with Gasteiger partial charge < -0.3 is 9.80 Å². The maximum absolute atomic E-state index is 12.8. The van der Waals surface area contributed by atoms with E-state index in [1.165, 1.54) is 5.56 Å². The van der Waals surface area contributed by atoms with Gasteiger partial charge in [-0.2, -0.15) is 5.10 Å². The summed E-state index contributed by atoms with van der Waals surface area (Å²) in [6.07, 6.45) is 7.42. The van der Waals surface area contributed by atoms with Crippen molar-refractivity contribution in [3.63, 3.8) is 0 Å². The molecule has 138 valence electrons. The molecule has 0 aliphatic carbocycles. The molecule has 1 amide bonds. The summed E-state index contributed by atoms with van der Waals surface area (Å²) < 4.78 is 1.78. The Bertz CT molecular complexity index is 973. The van der Waals surface area contributed by atoms with Crippen LogP contribution in [0.25, 0.3) is 5.65 Å². The minimum Gasteiger partial charge on any atom is -0.356 e. The third-order valence-electron chi connectivity index (χ3n) is 5.83. The van der Waals surface area contributed by atoms with Gasteiger partial charge in [-0.25, -0.2) is 9.50 Å². The van der Waals surface area contributed by atoms with Crippen molar-refractivity contribution in [3.8, 4) is 0 Å². The lowest BCUT2D eigenvalue weighted by Crippen LogP contribution is -2.37. The van der Waals surface area contributed by atoms with Gasteiger partial charge in [0.1, 0.15) is 5.82 Å². The number of hydrogen-bond donors (Lipinski definition) is 0. The number of hydrogen-bond acceptors (Lipinski definition) is 4. The van der Waals surface area contributed by atoms with Crippen molar-refractivity contribution in [1.82, 2.24) is 14.6 Å². The number of piperidine rings is 1. The Morgan fingerprint density at radius 1 is 1.07 bits per heavy atom. The van der Waals surface area contributed by atoms with E-state index >= 15 is 0 Å². The molecule has 0 unspecified atom stereocenters. The molecule has 0 N–H and O–H groups in total. The quantitative estimate of drug-likeness (QED) is 0.720. The van der Waals surface area contributed by atoms with Crippen molar-refractivity contribution in [2.24, 2.45) is 5.92 Å². The lowest BCUT2D eigenvalue weighted by Gasteiger charge is -2.33. The molecule has 0 bridgehead atoms. The van der Waals surface area contributed by atoms with E-state index in [9.17, 15) is 4.79 Å². The Kier molecular flexibility index (Phi) is 4.03. The first kappa shape index (κ1) is 16.3. The molecule has 3 aromatic rings. The largest absolute Gasteiger partial charge is 0.356 e. The standard InChI is InChI=1S/C21H23N5O/c27-21(25-13-8-17-3-1-2-4-18(17)25)15-16-6-11-24(12-7-16)19-9-14-26-20(23-19)5-10-22-26/h1-5,9-10,14,16H,6-8,11-13,15H2. The summed E-state index contributed by atoms with van der Waals surface area (Å²) in [6.45, 7) is 2.73. The highest BCUT2D eigenvalue weighted by molar-refractivity contribution is 5.95. The zero-order valence-corrected chi connectivity index (χ0v) is 15.3. The summed E-state index contributed by atoms with van der Waals surface area (Å²) in [5, 5.41) is 4.20. The first-order chi connectivity index (χ1) is 13.3. The van der Waals surface area contributed by atoms with E-state index in [1.807, 2.05) is 29.3 Å². The molecule has 1 aromatic carbocycles. The lowest BCUT2D eigenvalue weighted by molar-refractivity contribution is -0.119. The van der Waals surface area contributed by atoms with Gasteiger partial charge in [-0.05, 0) is 42.9 Å². The number of fused-ring (bicyclic) bond motifs is 2. The van der Waals surface area contributed by atoms with Gasteiger partial charge in [0.05, 0.1) is 6.20 Å². The minimum absolute atomic E-state index is 0.275. The number of carbonyl (C=O) groups is 1. The number of nitrogens with zero attached hydrogens (tertiary/aromatic N) is 5. The molecule has 0 spiro atoms. The van der Waals surface area contributed by atoms with E-state index in [0.717, 1.165) is 56.0 Å². The summed E-state index contributed by atoms with van der Waals surface area (Å²) in [5.41, 5.74) is 3.28. The number of carbonyl (C=O) groups excluding carboxylic acids is 1. The van der Waals surface area contributed by atoms with Gasteiger partial charge in [0.2, 0.25) is 5.91 Å². The fourth-order valence-electron chi connectivity index (χ4n) is 4.30. The normalized spacial score (nSPS) is 17.5. The number of aromatic nitrogens is 3. The summed E-state index contributed by atoms with van der Waals surface area (Å²) in [6, 6.07) is 12.2. The number of amides is 1. The second-order valence-corrected chi connectivity index (χ2v) is 7.48. The van der Waals surface area contributed by atoms with Crippen molar-refractivity contribution >= 4 is 23.1 Å². The molecule has 1 fully saturated rings. The highest BCUT2D eigenvalue weighted by Crippen LogP contribution is 2.30. The number of para-hydroxylation sites is 1. The Balaban J connectivity index is 1.20. The van der Waals surface area contributed by atoms with Gasteiger partial charge in [-0.1, -0.05) is 18.2 Å². The van der Waals surface area contributed by atoms with Crippen LogP contribution in [-0.2, 0) is 11.2 Å². The summed E-state index contributed by atoms with van der Waals surface area (Å²) in [4.78, 5) is 21.8. The van der Waals surface area contributed by atoms with Crippen LogP contribution in [-0.4, -0.2) is 40.1 Å². The van der Waals surface area contributed by atoms with Crippen LogP contribution in [0.2, 0.25) is 0 Å². The van der Waals surface area contributed by atoms with E-state index in [4.69, 9.17) is 0 Å². The van der Waals surface area contributed by atoms with Gasteiger partial charge in [0.15, 0.2) is 5.65 Å². The summed E-state index contributed by atoms with van der Waals surface area (Å²) in [7, 11) is 0. The van der Waals surface area contributed by atoms with Crippen LogP contribution in [0.3, 0.4) is 0 Å². The maximum Gasteiger partial charge on any atom is 0.227 e. The van der Waals surface area contributed by atoms with Gasteiger partial charge >= 0.3 is 0 Å². The molecule has 0 atom stereocenters. The molecule has 1 saturated heterocycles. The van der Waals surface area contributed by atoms with E-state index in [-0.39, 0.29) is 5.91 Å². The minimum atomic E-state index is 0.275. The van der Waals surface area contributed by atoms with Crippen LogP contribution in [0.4, 0.5) is 11.5 Å². The van der Waals surface area contributed by atoms with Crippen molar-refractivity contribution in [3.05, 3.63) is 54.4 Å². The second-order valence-electron chi connectivity index (χ2n) is 7.48. The molecule has 5 rings (SSSR count). The monoisotopic (exact) mass is 361 g/mol. The second kappa shape index (κ2) is 6.68. The molecule has 2 aliphatic heterocycles. The van der Waals surface area contributed by atoms with E-state index in [2.05, 4.69) is 33.2 Å². The summed E-state index contributed by atoms with van der Waals surface area (Å²) in [5.74, 6) is 1.73. The zero-order chi connectivity index (χ0) is 18.2. The molecule has 0 saturated carbocycles. The molecule has 2 aliphatic rings. The van der Waals surface area contributed by atoms with Crippen LogP contribution in [0.5, 0.6) is 0 Å². The Labute approximate surface area is 158 Å². The fraction of sp³-hybridized carbons (Fsp3) is 0.381. The topological polar surface area (TPSA) is 53.7 Å².